The monoisotopic (exact) mass is 584 g/mol. The van der Waals surface area contributed by atoms with Crippen LogP contribution in [0.25, 0.3) is 16.0 Å². The molecule has 2 aliphatic heterocycles. The summed E-state index contributed by atoms with van der Waals surface area (Å²) in [6.45, 7) is 6.60. The van der Waals surface area contributed by atoms with E-state index in [1.54, 1.807) is 37.4 Å². The molecule has 216 valence electrons. The van der Waals surface area contributed by atoms with E-state index in [2.05, 4.69) is 6.92 Å². The van der Waals surface area contributed by atoms with Crippen molar-refractivity contribution >= 4 is 44.1 Å². The third-order valence-electron chi connectivity index (χ3n) is 7.61. The van der Waals surface area contributed by atoms with Gasteiger partial charge in [0.25, 0.3) is 5.78 Å². The number of rotatable bonds is 8. The number of methoxy groups -OCH3 is 1. The molecule has 1 amide bonds. The van der Waals surface area contributed by atoms with Gasteiger partial charge in [0.2, 0.25) is 0 Å². The van der Waals surface area contributed by atoms with E-state index in [0.29, 0.717) is 40.8 Å². The van der Waals surface area contributed by atoms with E-state index in [9.17, 15) is 14.7 Å². The molecular weight excluding hydrogens is 552 g/mol. The van der Waals surface area contributed by atoms with Crippen molar-refractivity contribution in [2.45, 2.75) is 52.2 Å². The Balaban J connectivity index is 1.51. The summed E-state index contributed by atoms with van der Waals surface area (Å²) in [5, 5.41) is 12.0. The number of aryl methyl sites for hydroxylation is 1. The molecule has 3 aromatic carbocycles. The lowest BCUT2D eigenvalue weighted by Gasteiger charge is -2.24. The first kappa shape index (κ1) is 27.8. The van der Waals surface area contributed by atoms with Gasteiger partial charge < -0.3 is 19.3 Å². The Labute approximate surface area is 248 Å². The number of Topliss-reactive ketones (excluding diaryl/α,β-unsaturated/α-hetero) is 1. The zero-order chi connectivity index (χ0) is 29.5. The van der Waals surface area contributed by atoms with Crippen LogP contribution in [0.3, 0.4) is 0 Å². The van der Waals surface area contributed by atoms with Gasteiger partial charge in [-0.3, -0.25) is 14.5 Å². The fourth-order valence-corrected chi connectivity index (χ4v) is 6.58. The Bertz CT molecular complexity index is 1740. The maximum atomic E-state index is 13.7. The first-order valence-corrected chi connectivity index (χ1v) is 14.9. The Morgan fingerprint density at radius 1 is 1.12 bits per heavy atom. The average molecular weight is 585 g/mol. The molecule has 0 saturated carbocycles. The molecular formula is C33H32N2O6S. The van der Waals surface area contributed by atoms with E-state index in [4.69, 9.17) is 19.2 Å². The highest BCUT2D eigenvalue weighted by Gasteiger charge is 2.48. The van der Waals surface area contributed by atoms with Crippen LogP contribution in [-0.2, 0) is 16.0 Å². The van der Waals surface area contributed by atoms with Crippen LogP contribution in [-0.4, -0.2) is 41.6 Å². The minimum absolute atomic E-state index is 0.0101. The van der Waals surface area contributed by atoms with Gasteiger partial charge in [0.15, 0.2) is 16.6 Å². The van der Waals surface area contributed by atoms with Crippen molar-refractivity contribution in [3.63, 3.8) is 0 Å². The predicted octanol–water partition coefficient (Wildman–Crippen LogP) is 6.74. The molecule has 1 N–H and O–H groups in total. The van der Waals surface area contributed by atoms with Crippen molar-refractivity contribution in [3.05, 3.63) is 82.4 Å². The second-order valence-corrected chi connectivity index (χ2v) is 11.7. The normalized spacial score (nSPS) is 19.3. The van der Waals surface area contributed by atoms with Gasteiger partial charge >= 0.3 is 5.91 Å². The summed E-state index contributed by atoms with van der Waals surface area (Å²) in [7, 11) is 1.55. The lowest BCUT2D eigenvalue weighted by molar-refractivity contribution is -0.132. The number of benzene rings is 3. The maximum Gasteiger partial charge on any atom is 0.301 e. The van der Waals surface area contributed by atoms with Crippen molar-refractivity contribution < 1.29 is 28.9 Å². The Hall–Kier alpha value is -4.37. The van der Waals surface area contributed by atoms with Crippen LogP contribution < -0.4 is 19.1 Å². The van der Waals surface area contributed by atoms with E-state index in [0.717, 1.165) is 39.9 Å². The number of anilines is 1. The predicted molar refractivity (Wildman–Crippen MR) is 163 cm³/mol. The average Bonchev–Trinajstić information content (AvgIpc) is 3.64. The molecule has 6 rings (SSSR count). The number of thiazole rings is 1. The van der Waals surface area contributed by atoms with Crippen molar-refractivity contribution in [2.24, 2.45) is 0 Å². The highest BCUT2D eigenvalue weighted by molar-refractivity contribution is 7.22. The number of hydrogen-bond acceptors (Lipinski definition) is 8. The van der Waals surface area contributed by atoms with Crippen LogP contribution in [0.5, 0.6) is 17.2 Å². The number of aliphatic hydroxyl groups is 1. The van der Waals surface area contributed by atoms with E-state index >= 15 is 0 Å². The molecule has 42 heavy (non-hydrogen) atoms. The number of carbonyl (C=O) groups is 2. The van der Waals surface area contributed by atoms with Gasteiger partial charge in [0.05, 0.1) is 35.5 Å². The summed E-state index contributed by atoms with van der Waals surface area (Å²) in [5.41, 5.74) is 3.75. The Morgan fingerprint density at radius 3 is 2.74 bits per heavy atom. The van der Waals surface area contributed by atoms with Gasteiger partial charge in [-0.05, 0) is 79.4 Å². The minimum Gasteiger partial charge on any atom is -0.507 e. The number of ether oxygens (including phenoxy) is 3. The molecule has 2 atom stereocenters. The van der Waals surface area contributed by atoms with Crippen LogP contribution in [0, 0.1) is 6.92 Å². The van der Waals surface area contributed by atoms with Crippen molar-refractivity contribution in [3.8, 4) is 17.2 Å². The minimum atomic E-state index is -0.936. The molecule has 0 radical (unpaired) electrons. The van der Waals surface area contributed by atoms with Gasteiger partial charge in [0.1, 0.15) is 17.6 Å². The quantitative estimate of drug-likeness (QED) is 0.106. The molecule has 9 heteroatoms. The summed E-state index contributed by atoms with van der Waals surface area (Å²) in [4.78, 5) is 33.6. The number of hydrogen-bond donors (Lipinski definition) is 1. The SMILES string of the molecule is CCCCOc1ccc(C2/C(=C(/O)c3ccc4c(c3)CC(C)O4)C(=O)C(=O)N2c2nc3ccc(C)cc3s2)cc1OC. The number of fused-ring (bicyclic) bond motifs is 2. The third-order valence-corrected chi connectivity index (χ3v) is 8.63. The highest BCUT2D eigenvalue weighted by Crippen LogP contribution is 2.46. The van der Waals surface area contributed by atoms with E-state index in [1.165, 1.54) is 16.2 Å². The fourth-order valence-electron chi connectivity index (χ4n) is 5.49. The zero-order valence-electron chi connectivity index (χ0n) is 24.0. The molecule has 2 unspecified atom stereocenters. The highest BCUT2D eigenvalue weighted by atomic mass is 32.1. The van der Waals surface area contributed by atoms with Gasteiger partial charge in [-0.1, -0.05) is 36.8 Å². The van der Waals surface area contributed by atoms with Crippen LogP contribution in [0.4, 0.5) is 5.13 Å². The molecule has 1 fully saturated rings. The smallest absolute Gasteiger partial charge is 0.301 e. The summed E-state index contributed by atoms with van der Waals surface area (Å²) in [5.74, 6) is 0.0113. The summed E-state index contributed by atoms with van der Waals surface area (Å²) in [6.07, 6.45) is 2.60. The number of unbranched alkanes of at least 4 members (excludes halogenated alkanes) is 1. The number of amides is 1. The van der Waals surface area contributed by atoms with Gasteiger partial charge in [0, 0.05) is 12.0 Å². The topological polar surface area (TPSA) is 98.2 Å². The summed E-state index contributed by atoms with van der Waals surface area (Å²) >= 11 is 1.33. The molecule has 4 aromatic rings. The standard InChI is InChI=1S/C33H32N2O6S/c1-5-6-13-40-25-12-8-20(17-26(25)39-4)29-28(30(36)21-9-11-24-22(16-21)15-19(3)41-24)31(37)32(38)35(29)33-34-23-10-7-18(2)14-27(23)42-33/h7-12,14,16-17,19,29,36H,5-6,13,15H2,1-4H3/b30-28-. The maximum absolute atomic E-state index is 13.7. The van der Waals surface area contributed by atoms with Gasteiger partial charge in [-0.25, -0.2) is 4.98 Å². The number of carbonyl (C=O) groups excluding carboxylic acids is 2. The summed E-state index contributed by atoms with van der Waals surface area (Å²) in [6, 6.07) is 15.6. The first-order chi connectivity index (χ1) is 20.3. The van der Waals surface area contributed by atoms with Crippen molar-refractivity contribution in [1.29, 1.82) is 0 Å². The van der Waals surface area contributed by atoms with Crippen LogP contribution in [0.15, 0.2) is 60.2 Å². The largest absolute Gasteiger partial charge is 0.507 e. The van der Waals surface area contributed by atoms with Crippen LogP contribution in [0.2, 0.25) is 0 Å². The van der Waals surface area contributed by atoms with E-state index < -0.39 is 17.7 Å². The van der Waals surface area contributed by atoms with Crippen LogP contribution in [0.1, 0.15) is 55.0 Å². The number of nitrogens with zero attached hydrogens (tertiary/aromatic N) is 2. The second kappa shape index (κ2) is 11.1. The molecule has 1 saturated heterocycles. The molecule has 3 heterocycles. The summed E-state index contributed by atoms with van der Waals surface area (Å²) < 4.78 is 18.3. The van der Waals surface area contributed by atoms with Crippen LogP contribution >= 0.6 is 11.3 Å². The zero-order valence-corrected chi connectivity index (χ0v) is 24.8. The fraction of sp³-hybridized carbons (Fsp3) is 0.303. The van der Waals surface area contributed by atoms with E-state index in [-0.39, 0.29) is 17.4 Å². The second-order valence-electron chi connectivity index (χ2n) is 10.7. The van der Waals surface area contributed by atoms with E-state index in [1.807, 2.05) is 38.1 Å². The third kappa shape index (κ3) is 4.87. The molecule has 8 nitrogen and oxygen atoms in total. The Morgan fingerprint density at radius 2 is 1.95 bits per heavy atom. The molecule has 0 bridgehead atoms. The van der Waals surface area contributed by atoms with Gasteiger partial charge in [-0.2, -0.15) is 0 Å². The van der Waals surface area contributed by atoms with Crippen molar-refractivity contribution in [2.75, 3.05) is 18.6 Å². The molecule has 2 aliphatic rings. The van der Waals surface area contributed by atoms with Crippen molar-refractivity contribution in [1.82, 2.24) is 4.98 Å². The first-order valence-electron chi connectivity index (χ1n) is 14.1. The lowest BCUT2D eigenvalue weighted by atomic mass is 9.94. The Kier molecular flexibility index (Phi) is 7.36. The lowest BCUT2D eigenvalue weighted by Crippen LogP contribution is -2.29. The number of ketones is 1. The molecule has 0 spiro atoms. The molecule has 1 aromatic heterocycles. The number of aliphatic hydroxyl groups excluding tert-OH is 1. The van der Waals surface area contributed by atoms with Gasteiger partial charge in [-0.15, -0.1) is 0 Å². The number of aromatic nitrogens is 1. The molecule has 0 aliphatic carbocycles.